The average Bonchev–Trinajstić information content (AvgIpc) is 2.26. The van der Waals surface area contributed by atoms with E-state index >= 15 is 0 Å². The highest BCUT2D eigenvalue weighted by molar-refractivity contribution is 5.23. The van der Waals surface area contributed by atoms with Gasteiger partial charge in [-0.15, -0.1) is 0 Å². The Hall–Kier alpha value is -0.860. The highest BCUT2D eigenvalue weighted by Crippen LogP contribution is 2.34. The zero-order chi connectivity index (χ0) is 10.9. The molecule has 0 unspecified atom stereocenters. The Balaban J connectivity index is 2.21. The van der Waals surface area contributed by atoms with Gasteiger partial charge in [-0.2, -0.15) is 0 Å². The van der Waals surface area contributed by atoms with Crippen molar-refractivity contribution in [3.63, 3.8) is 0 Å². The van der Waals surface area contributed by atoms with Gasteiger partial charge in [-0.05, 0) is 32.4 Å². The maximum Gasteiger partial charge on any atom is 0.0923 e. The number of hydrogen-bond acceptors (Lipinski definition) is 2. The van der Waals surface area contributed by atoms with E-state index in [4.69, 9.17) is 0 Å². The van der Waals surface area contributed by atoms with E-state index in [1.54, 1.807) is 0 Å². The van der Waals surface area contributed by atoms with Crippen LogP contribution >= 0.6 is 0 Å². The van der Waals surface area contributed by atoms with Crippen molar-refractivity contribution in [1.82, 2.24) is 4.90 Å². The van der Waals surface area contributed by atoms with E-state index in [9.17, 15) is 5.11 Å². The van der Waals surface area contributed by atoms with Crippen molar-refractivity contribution in [2.75, 3.05) is 13.6 Å². The zero-order valence-electron chi connectivity index (χ0n) is 9.48. The van der Waals surface area contributed by atoms with Crippen LogP contribution in [0.4, 0.5) is 0 Å². The maximum absolute atomic E-state index is 10.6. The van der Waals surface area contributed by atoms with Gasteiger partial charge in [0.15, 0.2) is 0 Å². The highest BCUT2D eigenvalue weighted by Gasteiger charge is 2.36. The quantitative estimate of drug-likeness (QED) is 0.758. The molecule has 1 aromatic rings. The molecule has 2 atom stereocenters. The lowest BCUT2D eigenvalue weighted by atomic mass is 9.81. The third kappa shape index (κ3) is 2.06. The van der Waals surface area contributed by atoms with Crippen molar-refractivity contribution in [2.24, 2.45) is 0 Å². The molecular formula is C13H19NO. The Kier molecular flexibility index (Phi) is 2.81. The van der Waals surface area contributed by atoms with Crippen LogP contribution in [0.2, 0.25) is 0 Å². The monoisotopic (exact) mass is 205 g/mol. The fourth-order valence-corrected chi connectivity index (χ4v) is 2.34. The first kappa shape index (κ1) is 10.7. The molecule has 0 aromatic heterocycles. The van der Waals surface area contributed by atoms with E-state index < -0.39 is 5.60 Å². The molecule has 15 heavy (non-hydrogen) atoms. The molecule has 1 aromatic carbocycles. The molecule has 0 aliphatic carbocycles. The second-order valence-electron chi connectivity index (χ2n) is 4.68. The normalized spacial score (nSPS) is 32.9. The largest absolute Gasteiger partial charge is 0.385 e. The summed E-state index contributed by atoms with van der Waals surface area (Å²) in [5.74, 6) is 0. The molecular weight excluding hydrogens is 186 g/mol. The standard InChI is InChI=1S/C13H19NO/c1-11-10-13(15,8-9-14(11)2)12-6-4-3-5-7-12/h3-7,11,15H,8-10H2,1-2H3/t11-,13-/m1/s1. The lowest BCUT2D eigenvalue weighted by Crippen LogP contribution is -2.45. The summed E-state index contributed by atoms with van der Waals surface area (Å²) in [6, 6.07) is 10.5. The van der Waals surface area contributed by atoms with E-state index in [0.717, 1.165) is 24.9 Å². The van der Waals surface area contributed by atoms with E-state index in [-0.39, 0.29) is 0 Å². The average molecular weight is 205 g/mol. The fourth-order valence-electron chi connectivity index (χ4n) is 2.34. The zero-order valence-corrected chi connectivity index (χ0v) is 9.48. The topological polar surface area (TPSA) is 23.5 Å². The number of aliphatic hydroxyl groups is 1. The van der Waals surface area contributed by atoms with E-state index in [1.807, 2.05) is 30.3 Å². The van der Waals surface area contributed by atoms with Gasteiger partial charge < -0.3 is 10.0 Å². The molecule has 2 heteroatoms. The van der Waals surface area contributed by atoms with Gasteiger partial charge in [0.2, 0.25) is 0 Å². The Morgan fingerprint density at radius 3 is 2.60 bits per heavy atom. The summed E-state index contributed by atoms with van der Waals surface area (Å²) in [6.07, 6.45) is 1.66. The minimum absolute atomic E-state index is 0.448. The number of nitrogens with zero attached hydrogens (tertiary/aromatic N) is 1. The van der Waals surface area contributed by atoms with Crippen molar-refractivity contribution in [1.29, 1.82) is 0 Å². The number of benzene rings is 1. The summed E-state index contributed by atoms with van der Waals surface area (Å²) in [5, 5.41) is 10.6. The van der Waals surface area contributed by atoms with Crippen LogP contribution in [0.3, 0.4) is 0 Å². The molecule has 1 aliphatic heterocycles. The SMILES string of the molecule is C[C@@H]1C[C@@](O)(c2ccccc2)CCN1C. The maximum atomic E-state index is 10.6. The Bertz CT molecular complexity index is 325. The minimum atomic E-state index is -0.618. The lowest BCUT2D eigenvalue weighted by Gasteiger charge is -2.41. The number of piperidine rings is 1. The van der Waals surface area contributed by atoms with Crippen LogP contribution in [0, 0.1) is 0 Å². The van der Waals surface area contributed by atoms with Crippen LogP contribution < -0.4 is 0 Å². The molecule has 1 fully saturated rings. The second-order valence-corrected chi connectivity index (χ2v) is 4.68. The molecule has 0 saturated carbocycles. The summed E-state index contributed by atoms with van der Waals surface area (Å²) in [7, 11) is 2.12. The molecule has 1 N–H and O–H groups in total. The number of hydrogen-bond donors (Lipinski definition) is 1. The van der Waals surface area contributed by atoms with Crippen molar-refractivity contribution >= 4 is 0 Å². The van der Waals surface area contributed by atoms with Gasteiger partial charge in [-0.1, -0.05) is 30.3 Å². The van der Waals surface area contributed by atoms with Gasteiger partial charge in [0.05, 0.1) is 5.60 Å². The molecule has 1 heterocycles. The predicted octanol–water partition coefficient (Wildman–Crippen LogP) is 1.99. The van der Waals surface area contributed by atoms with E-state index in [2.05, 4.69) is 18.9 Å². The highest BCUT2D eigenvalue weighted by atomic mass is 16.3. The second kappa shape index (κ2) is 3.95. The molecule has 1 saturated heterocycles. The van der Waals surface area contributed by atoms with Gasteiger partial charge >= 0.3 is 0 Å². The smallest absolute Gasteiger partial charge is 0.0923 e. The molecule has 1 aliphatic rings. The molecule has 0 bridgehead atoms. The summed E-state index contributed by atoms with van der Waals surface area (Å²) in [4.78, 5) is 2.30. The third-order valence-electron chi connectivity index (χ3n) is 3.57. The van der Waals surface area contributed by atoms with Gasteiger partial charge in [0.1, 0.15) is 0 Å². The Morgan fingerprint density at radius 2 is 2.00 bits per heavy atom. The van der Waals surface area contributed by atoms with Crippen LogP contribution in [0.15, 0.2) is 30.3 Å². The van der Waals surface area contributed by atoms with Crippen molar-refractivity contribution in [3.8, 4) is 0 Å². The lowest BCUT2D eigenvalue weighted by molar-refractivity contribution is -0.0408. The van der Waals surface area contributed by atoms with Gasteiger partial charge in [0, 0.05) is 12.6 Å². The first-order valence-electron chi connectivity index (χ1n) is 5.60. The molecule has 0 spiro atoms. The molecule has 2 rings (SSSR count). The van der Waals surface area contributed by atoms with Gasteiger partial charge in [0.25, 0.3) is 0 Å². The van der Waals surface area contributed by atoms with E-state index in [1.165, 1.54) is 0 Å². The summed E-state index contributed by atoms with van der Waals surface area (Å²) < 4.78 is 0. The Labute approximate surface area is 91.5 Å². The molecule has 82 valence electrons. The minimum Gasteiger partial charge on any atom is -0.385 e. The first-order chi connectivity index (χ1) is 7.12. The van der Waals surface area contributed by atoms with Crippen LogP contribution in [0.1, 0.15) is 25.3 Å². The van der Waals surface area contributed by atoms with Gasteiger partial charge in [-0.25, -0.2) is 0 Å². The number of likely N-dealkylation sites (tertiary alicyclic amines) is 1. The van der Waals surface area contributed by atoms with Crippen LogP contribution in [0.5, 0.6) is 0 Å². The van der Waals surface area contributed by atoms with Crippen molar-refractivity contribution in [2.45, 2.75) is 31.4 Å². The fraction of sp³-hybridized carbons (Fsp3) is 0.538. The Morgan fingerprint density at radius 1 is 1.33 bits per heavy atom. The first-order valence-corrected chi connectivity index (χ1v) is 5.60. The van der Waals surface area contributed by atoms with E-state index in [0.29, 0.717) is 6.04 Å². The summed E-state index contributed by atoms with van der Waals surface area (Å²) in [5.41, 5.74) is 0.442. The predicted molar refractivity (Wildman–Crippen MR) is 61.7 cm³/mol. The van der Waals surface area contributed by atoms with Crippen LogP contribution in [-0.4, -0.2) is 29.6 Å². The molecule has 0 radical (unpaired) electrons. The summed E-state index contributed by atoms with van der Waals surface area (Å²) in [6.45, 7) is 3.14. The van der Waals surface area contributed by atoms with Gasteiger partial charge in [-0.3, -0.25) is 0 Å². The van der Waals surface area contributed by atoms with Crippen LogP contribution in [-0.2, 0) is 5.60 Å². The van der Waals surface area contributed by atoms with Crippen LogP contribution in [0.25, 0.3) is 0 Å². The molecule has 2 nitrogen and oxygen atoms in total. The molecule has 0 amide bonds. The number of rotatable bonds is 1. The van der Waals surface area contributed by atoms with Crippen molar-refractivity contribution in [3.05, 3.63) is 35.9 Å². The van der Waals surface area contributed by atoms with Crippen molar-refractivity contribution < 1.29 is 5.11 Å². The third-order valence-corrected chi connectivity index (χ3v) is 3.57. The summed E-state index contributed by atoms with van der Waals surface area (Å²) >= 11 is 0.